The van der Waals surface area contributed by atoms with Crippen molar-refractivity contribution in [2.24, 2.45) is 0 Å². The number of amides is 1. The Kier molecular flexibility index (Phi) is 3.97. The van der Waals surface area contributed by atoms with Gasteiger partial charge in [0.05, 0.1) is 12.0 Å². The molecule has 0 aromatic carbocycles. The van der Waals surface area contributed by atoms with Crippen LogP contribution in [-0.4, -0.2) is 34.0 Å². The van der Waals surface area contributed by atoms with Crippen LogP contribution in [0.5, 0.6) is 0 Å². The van der Waals surface area contributed by atoms with E-state index in [1.807, 2.05) is 39.2 Å². The topological polar surface area (TPSA) is 59.2 Å². The molecule has 1 fully saturated rings. The van der Waals surface area contributed by atoms with Crippen molar-refractivity contribution in [2.45, 2.75) is 18.8 Å². The van der Waals surface area contributed by atoms with E-state index >= 15 is 0 Å². The maximum Gasteiger partial charge on any atom is 0.258 e. The first-order valence-corrected chi connectivity index (χ1v) is 9.28. The van der Waals surface area contributed by atoms with E-state index in [1.165, 1.54) is 0 Å². The number of rotatable bonds is 4. The second-order valence-corrected chi connectivity index (χ2v) is 7.36. The number of aromatic nitrogens is 2. The zero-order chi connectivity index (χ0) is 15.6. The maximum absolute atomic E-state index is 12.4. The summed E-state index contributed by atoms with van der Waals surface area (Å²) in [5, 5.41) is 10.1. The van der Waals surface area contributed by atoms with Crippen molar-refractivity contribution in [3.8, 4) is 11.5 Å². The molecule has 1 aliphatic heterocycles. The van der Waals surface area contributed by atoms with Crippen molar-refractivity contribution in [1.29, 1.82) is 0 Å². The first-order chi connectivity index (χ1) is 11.3. The maximum atomic E-state index is 12.4. The van der Waals surface area contributed by atoms with Gasteiger partial charge in [0.25, 0.3) is 5.89 Å². The van der Waals surface area contributed by atoms with Crippen LogP contribution < -0.4 is 0 Å². The Morgan fingerprint density at radius 2 is 2.35 bits per heavy atom. The molecule has 0 N–H and O–H groups in total. The zero-order valence-electron chi connectivity index (χ0n) is 12.3. The van der Waals surface area contributed by atoms with Gasteiger partial charge in [-0.25, -0.2) is 0 Å². The molecule has 0 spiro atoms. The Bertz CT molecular complexity index is 780. The van der Waals surface area contributed by atoms with Gasteiger partial charge in [0.1, 0.15) is 0 Å². The molecule has 23 heavy (non-hydrogen) atoms. The Hall–Kier alpha value is -1.99. The van der Waals surface area contributed by atoms with Gasteiger partial charge in [0.2, 0.25) is 5.91 Å². The predicted molar refractivity (Wildman–Crippen MR) is 89.6 cm³/mol. The number of carbonyl (C=O) groups excluding carboxylic acids is 1. The second kappa shape index (κ2) is 6.25. The average molecular weight is 345 g/mol. The third kappa shape index (κ3) is 3.07. The predicted octanol–water partition coefficient (Wildman–Crippen LogP) is 3.42. The van der Waals surface area contributed by atoms with Crippen molar-refractivity contribution >= 4 is 28.6 Å². The summed E-state index contributed by atoms with van der Waals surface area (Å²) in [6.07, 6.45) is 1.37. The van der Waals surface area contributed by atoms with Crippen LogP contribution in [-0.2, 0) is 11.2 Å². The normalized spacial score (nSPS) is 17.7. The van der Waals surface area contributed by atoms with Gasteiger partial charge in [0.15, 0.2) is 5.82 Å². The lowest BCUT2D eigenvalue weighted by Crippen LogP contribution is -2.29. The molecule has 3 aromatic rings. The second-order valence-electron chi connectivity index (χ2n) is 5.55. The molecule has 0 aliphatic carbocycles. The first kappa shape index (κ1) is 14.6. The highest BCUT2D eigenvalue weighted by atomic mass is 32.1. The van der Waals surface area contributed by atoms with E-state index in [1.54, 1.807) is 22.7 Å². The number of hydrogen-bond donors (Lipinski definition) is 0. The summed E-state index contributed by atoms with van der Waals surface area (Å²) in [5.41, 5.74) is 0.956. The van der Waals surface area contributed by atoms with Gasteiger partial charge < -0.3 is 9.42 Å². The van der Waals surface area contributed by atoms with Crippen LogP contribution in [0.2, 0.25) is 0 Å². The highest BCUT2D eigenvalue weighted by molar-refractivity contribution is 7.10. The fourth-order valence-corrected chi connectivity index (χ4v) is 4.10. The van der Waals surface area contributed by atoms with E-state index in [0.29, 0.717) is 24.7 Å². The molecule has 118 valence electrons. The number of likely N-dealkylation sites (tertiary alicyclic amines) is 1. The average Bonchev–Trinajstić information content (AvgIpc) is 3.30. The largest absolute Gasteiger partial charge is 0.342 e. The SMILES string of the molecule is O=C(Cc1cccs1)N1CCC(c2noc(-c3ccsc3)n2)C1. The van der Waals surface area contributed by atoms with Crippen molar-refractivity contribution in [1.82, 2.24) is 15.0 Å². The molecule has 7 heteroatoms. The lowest BCUT2D eigenvalue weighted by molar-refractivity contribution is -0.129. The van der Waals surface area contributed by atoms with Crippen LogP contribution in [0.3, 0.4) is 0 Å². The van der Waals surface area contributed by atoms with Crippen LogP contribution >= 0.6 is 22.7 Å². The molecule has 1 atom stereocenters. The van der Waals surface area contributed by atoms with Crippen molar-refractivity contribution in [3.05, 3.63) is 45.0 Å². The minimum atomic E-state index is 0.165. The van der Waals surface area contributed by atoms with Gasteiger partial charge in [-0.05, 0) is 29.3 Å². The molecule has 5 nitrogen and oxygen atoms in total. The highest BCUT2D eigenvalue weighted by Crippen LogP contribution is 2.28. The molecule has 0 bridgehead atoms. The Balaban J connectivity index is 1.41. The quantitative estimate of drug-likeness (QED) is 0.727. The van der Waals surface area contributed by atoms with Gasteiger partial charge in [-0.2, -0.15) is 16.3 Å². The first-order valence-electron chi connectivity index (χ1n) is 7.46. The molecule has 4 rings (SSSR count). The molecule has 0 radical (unpaired) electrons. The van der Waals surface area contributed by atoms with Gasteiger partial charge in [-0.3, -0.25) is 4.79 Å². The van der Waals surface area contributed by atoms with Gasteiger partial charge in [0, 0.05) is 29.3 Å². The Morgan fingerprint density at radius 1 is 1.39 bits per heavy atom. The van der Waals surface area contributed by atoms with E-state index in [2.05, 4.69) is 10.1 Å². The van der Waals surface area contributed by atoms with E-state index in [9.17, 15) is 4.79 Å². The van der Waals surface area contributed by atoms with Crippen LogP contribution in [0, 0.1) is 0 Å². The van der Waals surface area contributed by atoms with Crippen LogP contribution in [0.4, 0.5) is 0 Å². The minimum Gasteiger partial charge on any atom is -0.342 e. The van der Waals surface area contributed by atoms with E-state index in [-0.39, 0.29) is 11.8 Å². The van der Waals surface area contributed by atoms with Crippen LogP contribution in [0.25, 0.3) is 11.5 Å². The minimum absolute atomic E-state index is 0.165. The van der Waals surface area contributed by atoms with Crippen LogP contribution in [0.1, 0.15) is 23.0 Å². The van der Waals surface area contributed by atoms with E-state index in [0.717, 1.165) is 23.4 Å². The summed E-state index contributed by atoms with van der Waals surface area (Å²) in [6.45, 7) is 1.43. The molecule has 3 aromatic heterocycles. The summed E-state index contributed by atoms with van der Waals surface area (Å²) >= 11 is 3.22. The van der Waals surface area contributed by atoms with E-state index < -0.39 is 0 Å². The monoisotopic (exact) mass is 345 g/mol. The lowest BCUT2D eigenvalue weighted by atomic mass is 10.1. The molecule has 1 aliphatic rings. The fraction of sp³-hybridized carbons (Fsp3) is 0.312. The van der Waals surface area contributed by atoms with Gasteiger partial charge >= 0.3 is 0 Å². The summed E-state index contributed by atoms with van der Waals surface area (Å²) in [6, 6.07) is 5.95. The summed E-state index contributed by atoms with van der Waals surface area (Å²) in [7, 11) is 0. The van der Waals surface area contributed by atoms with Gasteiger partial charge in [-0.1, -0.05) is 11.2 Å². The number of thiophene rings is 2. The van der Waals surface area contributed by atoms with Crippen molar-refractivity contribution in [3.63, 3.8) is 0 Å². The lowest BCUT2D eigenvalue weighted by Gasteiger charge is -2.15. The molecule has 1 saturated heterocycles. The van der Waals surface area contributed by atoms with Gasteiger partial charge in [-0.15, -0.1) is 11.3 Å². The smallest absolute Gasteiger partial charge is 0.258 e. The van der Waals surface area contributed by atoms with Crippen molar-refractivity contribution in [2.75, 3.05) is 13.1 Å². The van der Waals surface area contributed by atoms with E-state index in [4.69, 9.17) is 4.52 Å². The third-order valence-electron chi connectivity index (χ3n) is 4.02. The molecular formula is C16H15N3O2S2. The standard InChI is InChI=1S/C16H15N3O2S2/c20-14(8-13-2-1-6-23-13)19-5-3-11(9-19)15-17-16(21-18-15)12-4-7-22-10-12/h1-2,4,6-7,10-11H,3,5,8-9H2. The Labute approximate surface area is 141 Å². The zero-order valence-corrected chi connectivity index (χ0v) is 14.0. The highest BCUT2D eigenvalue weighted by Gasteiger charge is 2.30. The molecule has 0 saturated carbocycles. The third-order valence-corrected chi connectivity index (χ3v) is 5.58. The molecular weight excluding hydrogens is 330 g/mol. The summed E-state index contributed by atoms with van der Waals surface area (Å²) in [4.78, 5) is 19.9. The van der Waals surface area contributed by atoms with Crippen molar-refractivity contribution < 1.29 is 9.32 Å². The van der Waals surface area contributed by atoms with Crippen LogP contribution in [0.15, 0.2) is 38.9 Å². The fourth-order valence-electron chi connectivity index (χ4n) is 2.78. The number of nitrogens with zero attached hydrogens (tertiary/aromatic N) is 3. The number of hydrogen-bond acceptors (Lipinski definition) is 6. The molecule has 4 heterocycles. The molecule has 1 unspecified atom stereocenters. The Morgan fingerprint density at radius 3 is 3.13 bits per heavy atom. The number of carbonyl (C=O) groups is 1. The summed E-state index contributed by atoms with van der Waals surface area (Å²) in [5.74, 6) is 1.61. The summed E-state index contributed by atoms with van der Waals surface area (Å²) < 4.78 is 5.35. The molecule has 1 amide bonds.